The van der Waals surface area contributed by atoms with Gasteiger partial charge in [0, 0.05) is 0 Å². The number of rotatable bonds is 3. The first-order valence-electron chi connectivity index (χ1n) is 5.29. The highest BCUT2D eigenvalue weighted by Gasteiger charge is 2.15. The number of nitrogens with one attached hydrogen (secondary N) is 4. The molecule has 0 bridgehead atoms. The van der Waals surface area contributed by atoms with Crippen LogP contribution in [0.4, 0.5) is 5.69 Å². The summed E-state index contributed by atoms with van der Waals surface area (Å²) in [7, 11) is -3.70. The highest BCUT2D eigenvalue weighted by atomic mass is 32.2. The van der Waals surface area contributed by atoms with Gasteiger partial charge in [-0.2, -0.15) is 13.5 Å². The molecule has 2 aromatic heterocycles. The minimum atomic E-state index is -3.70. The van der Waals surface area contributed by atoms with Crippen LogP contribution in [-0.2, 0) is 10.0 Å². The zero-order valence-corrected chi connectivity index (χ0v) is 10.3. The molecule has 0 radical (unpaired) electrons. The smallest absolute Gasteiger partial charge is 0.306 e. The molecule has 19 heavy (non-hydrogen) atoms. The van der Waals surface area contributed by atoms with E-state index in [9.17, 15) is 13.2 Å². The molecule has 3 rings (SSSR count). The van der Waals surface area contributed by atoms with Crippen molar-refractivity contribution in [3.05, 3.63) is 40.9 Å². The fraction of sp³-hybridized carbons (Fsp3) is 0. The summed E-state index contributed by atoms with van der Waals surface area (Å²) >= 11 is 0. The molecule has 0 aliphatic carbocycles. The molecule has 0 aliphatic heterocycles. The number of hydrogen-bond acceptors (Lipinski definition) is 4. The van der Waals surface area contributed by atoms with Gasteiger partial charge in [0.05, 0.1) is 22.9 Å². The van der Waals surface area contributed by atoms with Crippen LogP contribution in [0.15, 0.2) is 40.3 Å². The summed E-state index contributed by atoms with van der Waals surface area (Å²) < 4.78 is 26.3. The molecule has 0 unspecified atom stereocenters. The third kappa shape index (κ3) is 2.10. The number of imidazole rings is 1. The van der Waals surface area contributed by atoms with Crippen LogP contribution in [0.3, 0.4) is 0 Å². The van der Waals surface area contributed by atoms with Crippen LogP contribution in [0, 0.1) is 0 Å². The maximum atomic E-state index is 11.9. The highest BCUT2D eigenvalue weighted by Crippen LogP contribution is 2.17. The first-order valence-corrected chi connectivity index (χ1v) is 6.77. The molecule has 98 valence electrons. The van der Waals surface area contributed by atoms with Gasteiger partial charge in [0.2, 0.25) is 0 Å². The summed E-state index contributed by atoms with van der Waals surface area (Å²) in [5, 5.41) is 5.93. The summed E-state index contributed by atoms with van der Waals surface area (Å²) in [6.07, 6.45) is 1.35. The minimum Gasteiger partial charge on any atom is -0.306 e. The molecule has 0 aliphatic rings. The van der Waals surface area contributed by atoms with Crippen molar-refractivity contribution in [1.29, 1.82) is 0 Å². The zero-order valence-electron chi connectivity index (χ0n) is 9.47. The van der Waals surface area contributed by atoms with E-state index < -0.39 is 10.0 Å². The Hall–Kier alpha value is -2.55. The van der Waals surface area contributed by atoms with Gasteiger partial charge in [-0.15, -0.1) is 0 Å². The molecule has 9 heteroatoms. The lowest BCUT2D eigenvalue weighted by molar-refractivity contribution is 0.597. The predicted molar refractivity (Wildman–Crippen MR) is 68.3 cm³/mol. The SMILES string of the molecule is O=c1[nH]c2ccc(NS(=O)(=O)c3ccn[nH]3)cc2[nH]1. The molecule has 0 spiro atoms. The second-order valence-corrected chi connectivity index (χ2v) is 5.52. The Bertz CT molecular complexity index is 875. The van der Waals surface area contributed by atoms with Crippen LogP contribution >= 0.6 is 0 Å². The number of sulfonamides is 1. The summed E-state index contributed by atoms with van der Waals surface area (Å²) in [5.74, 6) is 0. The Kier molecular flexibility index (Phi) is 2.42. The Morgan fingerprint density at radius 3 is 2.63 bits per heavy atom. The second kappa shape index (κ2) is 3.99. The normalized spacial score (nSPS) is 11.8. The number of benzene rings is 1. The Morgan fingerprint density at radius 1 is 1.11 bits per heavy atom. The van der Waals surface area contributed by atoms with Crippen LogP contribution in [0.1, 0.15) is 0 Å². The summed E-state index contributed by atoms with van der Waals surface area (Å²) in [4.78, 5) is 16.2. The number of H-pyrrole nitrogens is 3. The van der Waals surface area contributed by atoms with Crippen LogP contribution in [0.25, 0.3) is 11.0 Å². The molecule has 1 aromatic carbocycles. The van der Waals surface area contributed by atoms with Gasteiger partial charge in [0.25, 0.3) is 10.0 Å². The standard InChI is InChI=1S/C10H9N5O3S/c16-10-12-7-2-1-6(5-8(7)13-10)15-19(17,18)9-3-4-11-14-9/h1-5,15H,(H,11,14)(H2,12,13,16). The molecule has 0 atom stereocenters. The Labute approximate surface area is 106 Å². The highest BCUT2D eigenvalue weighted by molar-refractivity contribution is 7.92. The molecule has 0 amide bonds. The Morgan fingerprint density at radius 2 is 1.89 bits per heavy atom. The Balaban J connectivity index is 1.99. The maximum absolute atomic E-state index is 11.9. The average molecular weight is 279 g/mol. The van der Waals surface area contributed by atoms with Gasteiger partial charge in [-0.25, -0.2) is 4.79 Å². The van der Waals surface area contributed by atoms with Crippen LogP contribution in [0.5, 0.6) is 0 Å². The van der Waals surface area contributed by atoms with Crippen molar-refractivity contribution in [1.82, 2.24) is 20.2 Å². The number of aromatic amines is 3. The van der Waals surface area contributed by atoms with Gasteiger partial charge in [-0.3, -0.25) is 9.82 Å². The average Bonchev–Trinajstić information content (AvgIpc) is 2.95. The van der Waals surface area contributed by atoms with E-state index in [1.54, 1.807) is 12.1 Å². The predicted octanol–water partition coefficient (Wildman–Crippen LogP) is 0.380. The van der Waals surface area contributed by atoms with Crippen LogP contribution in [-0.4, -0.2) is 28.6 Å². The lowest BCUT2D eigenvalue weighted by Gasteiger charge is -2.05. The van der Waals surface area contributed by atoms with Crippen molar-refractivity contribution >= 4 is 26.7 Å². The van der Waals surface area contributed by atoms with E-state index in [2.05, 4.69) is 24.9 Å². The van der Waals surface area contributed by atoms with Gasteiger partial charge < -0.3 is 9.97 Å². The fourth-order valence-electron chi connectivity index (χ4n) is 1.70. The molecule has 3 aromatic rings. The molecule has 4 N–H and O–H groups in total. The maximum Gasteiger partial charge on any atom is 0.323 e. The van der Waals surface area contributed by atoms with E-state index in [4.69, 9.17) is 0 Å². The summed E-state index contributed by atoms with van der Waals surface area (Å²) in [5.41, 5.74) is 1.13. The van der Waals surface area contributed by atoms with E-state index in [0.717, 1.165) is 0 Å². The van der Waals surface area contributed by atoms with E-state index >= 15 is 0 Å². The van der Waals surface area contributed by atoms with Gasteiger partial charge in [-0.05, 0) is 24.3 Å². The third-order valence-electron chi connectivity index (χ3n) is 2.53. The summed E-state index contributed by atoms with van der Waals surface area (Å²) in [6, 6.07) is 6.04. The van der Waals surface area contributed by atoms with Crippen molar-refractivity contribution < 1.29 is 8.42 Å². The molecular formula is C10H9N5O3S. The third-order valence-corrected chi connectivity index (χ3v) is 3.84. The number of anilines is 1. The lowest BCUT2D eigenvalue weighted by atomic mass is 10.3. The minimum absolute atomic E-state index is 0.0323. The van der Waals surface area contributed by atoms with Crippen molar-refractivity contribution in [3.63, 3.8) is 0 Å². The largest absolute Gasteiger partial charge is 0.323 e. The first kappa shape index (κ1) is 11.5. The molecule has 8 nitrogen and oxygen atoms in total. The molecule has 0 saturated heterocycles. The van der Waals surface area contributed by atoms with Gasteiger partial charge in [0.1, 0.15) is 0 Å². The van der Waals surface area contributed by atoms with Crippen LogP contribution < -0.4 is 10.4 Å². The van der Waals surface area contributed by atoms with Gasteiger partial charge in [-0.1, -0.05) is 0 Å². The van der Waals surface area contributed by atoms with Gasteiger partial charge >= 0.3 is 5.69 Å². The number of fused-ring (bicyclic) bond motifs is 1. The van der Waals surface area contributed by atoms with Crippen molar-refractivity contribution in [2.75, 3.05) is 4.72 Å². The van der Waals surface area contributed by atoms with Gasteiger partial charge in [0.15, 0.2) is 5.03 Å². The lowest BCUT2D eigenvalue weighted by Crippen LogP contribution is -2.13. The monoisotopic (exact) mass is 279 g/mol. The van der Waals surface area contributed by atoms with E-state index in [-0.39, 0.29) is 10.7 Å². The molecule has 2 heterocycles. The number of nitrogens with zero attached hydrogens (tertiary/aromatic N) is 1. The number of aromatic nitrogens is 4. The van der Waals surface area contributed by atoms with Crippen molar-refractivity contribution in [2.24, 2.45) is 0 Å². The summed E-state index contributed by atoms with van der Waals surface area (Å²) in [6.45, 7) is 0. The molecule has 0 fully saturated rings. The zero-order chi connectivity index (χ0) is 13.5. The van der Waals surface area contributed by atoms with E-state index in [1.807, 2.05) is 0 Å². The molecular weight excluding hydrogens is 270 g/mol. The topological polar surface area (TPSA) is 124 Å². The van der Waals surface area contributed by atoms with E-state index in [1.165, 1.54) is 18.3 Å². The van der Waals surface area contributed by atoms with Crippen molar-refractivity contribution in [2.45, 2.75) is 5.03 Å². The van der Waals surface area contributed by atoms with Crippen molar-refractivity contribution in [3.8, 4) is 0 Å². The quantitative estimate of drug-likeness (QED) is 0.553. The van der Waals surface area contributed by atoms with Crippen LogP contribution in [0.2, 0.25) is 0 Å². The second-order valence-electron chi connectivity index (χ2n) is 3.87. The molecule has 0 saturated carbocycles. The fourth-order valence-corrected chi connectivity index (χ4v) is 2.66. The van der Waals surface area contributed by atoms with E-state index in [0.29, 0.717) is 16.7 Å². The first-order chi connectivity index (χ1) is 9.04. The number of hydrogen-bond donors (Lipinski definition) is 4.